The van der Waals surface area contributed by atoms with Gasteiger partial charge in [-0.2, -0.15) is 0 Å². The number of rotatable bonds is 6. The molecule has 1 heterocycles. The molecule has 40 heavy (non-hydrogen) atoms. The number of anilines is 2. The third kappa shape index (κ3) is 6.80. The summed E-state index contributed by atoms with van der Waals surface area (Å²) in [5.74, 6) is -3.20. The summed E-state index contributed by atoms with van der Waals surface area (Å²) in [6, 6.07) is 11.2. The van der Waals surface area contributed by atoms with Gasteiger partial charge in [-0.15, -0.1) is 13.2 Å². The number of hydrogen-bond acceptors (Lipinski definition) is 4. The predicted molar refractivity (Wildman–Crippen MR) is 142 cm³/mol. The second-order valence-electron chi connectivity index (χ2n) is 9.51. The Morgan fingerprint density at radius 3 is 2.25 bits per heavy atom. The maximum atomic E-state index is 15.3. The van der Waals surface area contributed by atoms with E-state index >= 15 is 8.78 Å². The highest BCUT2D eigenvalue weighted by molar-refractivity contribution is 7.70. The van der Waals surface area contributed by atoms with Crippen molar-refractivity contribution >= 4 is 35.8 Å². The van der Waals surface area contributed by atoms with Crippen molar-refractivity contribution in [1.29, 1.82) is 0 Å². The highest BCUT2D eigenvalue weighted by atomic mass is 31.2. The Kier molecular flexibility index (Phi) is 8.20. The maximum absolute atomic E-state index is 15.3. The number of carbonyl (C=O) groups excluding carboxylic acids is 2. The summed E-state index contributed by atoms with van der Waals surface area (Å²) in [5, 5.41) is 5.30. The van der Waals surface area contributed by atoms with Crippen molar-refractivity contribution in [3.8, 4) is 16.9 Å². The summed E-state index contributed by atoms with van der Waals surface area (Å²) in [6.07, 6.45) is -4.32. The summed E-state index contributed by atoms with van der Waals surface area (Å²) in [6.45, 7) is 3.13. The van der Waals surface area contributed by atoms with Crippen molar-refractivity contribution < 1.29 is 40.8 Å². The van der Waals surface area contributed by atoms with Crippen LogP contribution in [0.15, 0.2) is 60.7 Å². The Morgan fingerprint density at radius 1 is 1.02 bits per heavy atom. The lowest BCUT2D eigenvalue weighted by atomic mass is 10.0. The highest BCUT2D eigenvalue weighted by Gasteiger charge is 2.34. The number of carbonyl (C=O) groups is 2. The number of piperidine rings is 1. The molecule has 1 aliphatic heterocycles. The number of halogens is 5. The Labute approximate surface area is 226 Å². The maximum Gasteiger partial charge on any atom is 0.573 e. The third-order valence-corrected chi connectivity index (χ3v) is 7.72. The lowest BCUT2D eigenvalue weighted by Crippen LogP contribution is -2.53. The van der Waals surface area contributed by atoms with Crippen molar-refractivity contribution in [3.63, 3.8) is 0 Å². The van der Waals surface area contributed by atoms with E-state index in [1.165, 1.54) is 12.1 Å². The normalized spacial score (nSPS) is 16.0. The molecule has 4 rings (SSSR count). The Hall–Kier alpha value is -3.92. The lowest BCUT2D eigenvalue weighted by Gasteiger charge is -2.33. The van der Waals surface area contributed by atoms with Crippen molar-refractivity contribution in [2.24, 2.45) is 0 Å². The molecule has 3 amide bonds. The molecule has 2 N–H and O–H groups in total. The van der Waals surface area contributed by atoms with Gasteiger partial charge in [-0.25, -0.2) is 13.6 Å². The minimum Gasteiger partial charge on any atom is -0.406 e. The number of hydrogen-bond donors (Lipinski definition) is 2. The standard InChI is InChI=1S/C27H25F5N3O4P/c1-40(2,38)23-8-4-3-6-19(23)16-14-20(28)24(21(29)15-16)35-13-5-7-22(25(35)36)34-26(37)33-17-9-11-18(12-10-17)39-27(30,31)32/h3-4,6,8-12,14-15,22H,5,7,13H2,1-2H3,(H2,33,34,37)/t22-/m1/s1. The van der Waals surface area contributed by atoms with Crippen LogP contribution in [0.5, 0.6) is 5.75 Å². The van der Waals surface area contributed by atoms with Crippen LogP contribution in [0.3, 0.4) is 0 Å². The van der Waals surface area contributed by atoms with E-state index in [4.69, 9.17) is 0 Å². The molecule has 0 aliphatic carbocycles. The predicted octanol–water partition coefficient (Wildman–Crippen LogP) is 6.10. The third-order valence-electron chi connectivity index (χ3n) is 6.17. The van der Waals surface area contributed by atoms with Crippen molar-refractivity contribution in [2.45, 2.75) is 25.2 Å². The Balaban J connectivity index is 1.49. The summed E-state index contributed by atoms with van der Waals surface area (Å²) < 4.78 is 84.1. The fourth-order valence-corrected chi connectivity index (χ4v) is 5.69. The molecule has 0 saturated carbocycles. The topological polar surface area (TPSA) is 87.7 Å². The number of amides is 3. The first-order valence-corrected chi connectivity index (χ1v) is 14.7. The zero-order chi connectivity index (χ0) is 29.2. The minimum atomic E-state index is -4.86. The molecule has 1 saturated heterocycles. The van der Waals surface area contributed by atoms with Gasteiger partial charge >= 0.3 is 12.4 Å². The summed E-state index contributed by atoms with van der Waals surface area (Å²) in [4.78, 5) is 26.5. The van der Waals surface area contributed by atoms with Crippen molar-refractivity contribution in [3.05, 3.63) is 72.3 Å². The van der Waals surface area contributed by atoms with Gasteiger partial charge < -0.3 is 24.8 Å². The summed E-state index contributed by atoms with van der Waals surface area (Å²) in [7, 11) is -2.76. The van der Waals surface area contributed by atoms with Crippen LogP contribution in [0.25, 0.3) is 11.1 Å². The molecule has 1 aliphatic rings. The van der Waals surface area contributed by atoms with Crippen LogP contribution in [-0.2, 0) is 9.36 Å². The minimum absolute atomic E-state index is 0.0161. The average Bonchev–Trinajstić information content (AvgIpc) is 2.85. The smallest absolute Gasteiger partial charge is 0.406 e. The number of benzene rings is 3. The van der Waals surface area contributed by atoms with Gasteiger partial charge in [-0.1, -0.05) is 24.3 Å². The fraction of sp³-hybridized carbons (Fsp3) is 0.259. The van der Waals surface area contributed by atoms with E-state index in [-0.39, 0.29) is 24.2 Å². The van der Waals surface area contributed by atoms with Crippen molar-refractivity contribution in [2.75, 3.05) is 30.1 Å². The Bertz CT molecular complexity index is 1450. The van der Waals surface area contributed by atoms with Crippen LogP contribution < -0.4 is 25.6 Å². The molecule has 13 heteroatoms. The number of ether oxygens (including phenoxy) is 1. The average molecular weight is 581 g/mol. The molecule has 1 atom stereocenters. The van der Waals surface area contributed by atoms with E-state index in [2.05, 4.69) is 15.4 Å². The SMILES string of the molecule is CP(C)(=O)c1ccccc1-c1cc(F)c(N2CCC[C@@H](NC(=O)Nc3ccc(OC(F)(F)F)cc3)C2=O)c(F)c1. The van der Waals surface area contributed by atoms with Gasteiger partial charge in [0.1, 0.15) is 24.6 Å². The zero-order valence-corrected chi connectivity index (χ0v) is 22.3. The molecular weight excluding hydrogens is 556 g/mol. The molecule has 1 fully saturated rings. The fourth-order valence-electron chi connectivity index (χ4n) is 4.46. The number of alkyl halides is 3. The van der Waals surface area contributed by atoms with E-state index in [0.29, 0.717) is 17.3 Å². The van der Waals surface area contributed by atoms with Crippen molar-refractivity contribution in [1.82, 2.24) is 5.32 Å². The molecule has 0 aromatic heterocycles. The molecular formula is C27H25F5N3O4P. The van der Waals surface area contributed by atoms with Crippen LogP contribution in [0, 0.1) is 11.6 Å². The first kappa shape index (κ1) is 29.1. The molecule has 0 unspecified atom stereocenters. The molecule has 212 valence electrons. The van der Waals surface area contributed by atoms with E-state index in [1.54, 1.807) is 37.6 Å². The monoisotopic (exact) mass is 581 g/mol. The van der Waals surface area contributed by atoms with Crippen LogP contribution in [0.1, 0.15) is 12.8 Å². The van der Waals surface area contributed by atoms with E-state index in [9.17, 15) is 27.3 Å². The Morgan fingerprint density at radius 2 is 1.65 bits per heavy atom. The summed E-state index contributed by atoms with van der Waals surface area (Å²) in [5.41, 5.74) is 0.154. The van der Waals surface area contributed by atoms with Gasteiger partial charge in [0.15, 0.2) is 11.6 Å². The second kappa shape index (κ2) is 11.3. The first-order valence-electron chi connectivity index (χ1n) is 12.1. The van der Waals surface area contributed by atoms with Gasteiger partial charge in [0.05, 0.1) is 0 Å². The quantitative estimate of drug-likeness (QED) is 0.272. The van der Waals surface area contributed by atoms with E-state index in [1.807, 2.05) is 0 Å². The van der Waals surface area contributed by atoms with Gasteiger partial charge in [-0.3, -0.25) is 4.79 Å². The zero-order valence-electron chi connectivity index (χ0n) is 21.4. The van der Waals surface area contributed by atoms with Crippen LogP contribution >= 0.6 is 7.14 Å². The van der Waals surface area contributed by atoms with Gasteiger partial charge in [0.2, 0.25) is 5.91 Å². The number of nitrogens with one attached hydrogen (secondary N) is 2. The van der Waals surface area contributed by atoms with Crippen LogP contribution in [0.2, 0.25) is 0 Å². The molecule has 0 radical (unpaired) electrons. The van der Waals surface area contributed by atoms with Gasteiger partial charge in [0.25, 0.3) is 0 Å². The molecule has 7 nitrogen and oxygen atoms in total. The number of urea groups is 1. The molecule has 3 aromatic rings. The van der Waals surface area contributed by atoms with E-state index < -0.39 is 54.6 Å². The largest absolute Gasteiger partial charge is 0.573 e. The molecule has 0 spiro atoms. The molecule has 3 aromatic carbocycles. The lowest BCUT2D eigenvalue weighted by molar-refractivity contribution is -0.274. The van der Waals surface area contributed by atoms with Gasteiger partial charge in [0, 0.05) is 17.5 Å². The molecule has 0 bridgehead atoms. The van der Waals surface area contributed by atoms with Crippen LogP contribution in [-0.4, -0.2) is 44.2 Å². The second-order valence-corrected chi connectivity index (χ2v) is 12.7. The van der Waals surface area contributed by atoms with E-state index in [0.717, 1.165) is 29.2 Å². The van der Waals surface area contributed by atoms with Gasteiger partial charge in [-0.05, 0) is 73.7 Å². The highest BCUT2D eigenvalue weighted by Crippen LogP contribution is 2.40. The van der Waals surface area contributed by atoms with Crippen LogP contribution in [0.4, 0.5) is 38.1 Å². The number of nitrogens with zero attached hydrogens (tertiary/aromatic N) is 1. The first-order chi connectivity index (χ1) is 18.7. The summed E-state index contributed by atoms with van der Waals surface area (Å²) >= 11 is 0.